The predicted octanol–water partition coefficient (Wildman–Crippen LogP) is 6.64. The van der Waals surface area contributed by atoms with Crippen LogP contribution in [0.15, 0.2) is 60.9 Å². The maximum atomic E-state index is 13.5. The highest BCUT2D eigenvalue weighted by atomic mass is 16.5. The minimum absolute atomic E-state index is 0.103. The molecule has 14 nitrogen and oxygen atoms in total. The number of imidazole rings is 2. The number of H-pyrrole nitrogens is 2. The molecule has 2 aliphatic rings. The monoisotopic (exact) mass is 750 g/mol. The van der Waals surface area contributed by atoms with Crippen molar-refractivity contribution in [3.05, 3.63) is 83.7 Å². The van der Waals surface area contributed by atoms with E-state index in [1.807, 2.05) is 76.2 Å². The molecule has 0 saturated carbocycles. The van der Waals surface area contributed by atoms with Crippen LogP contribution in [0, 0.1) is 11.8 Å². The third kappa shape index (κ3) is 8.90. The van der Waals surface area contributed by atoms with Crippen molar-refractivity contribution in [1.82, 2.24) is 40.4 Å². The minimum Gasteiger partial charge on any atom is -0.465 e. The molecule has 0 aliphatic carbocycles. The van der Waals surface area contributed by atoms with E-state index in [1.54, 1.807) is 22.2 Å². The smallest absolute Gasteiger partial charge is 0.407 e. The first-order chi connectivity index (χ1) is 26.4. The van der Waals surface area contributed by atoms with Gasteiger partial charge in [0.1, 0.15) is 23.7 Å². The van der Waals surface area contributed by atoms with Gasteiger partial charge in [0.05, 0.1) is 43.0 Å². The number of aromatic amines is 2. The average Bonchev–Trinajstić information content (AvgIpc) is 4.01. The number of amides is 4. The summed E-state index contributed by atoms with van der Waals surface area (Å²) < 4.78 is 4.74. The van der Waals surface area contributed by atoms with E-state index in [1.165, 1.54) is 7.11 Å². The molecule has 0 spiro atoms. The number of rotatable bonds is 12. The molecule has 6 rings (SSSR count). The molecule has 290 valence electrons. The third-order valence-corrected chi connectivity index (χ3v) is 10.4. The van der Waals surface area contributed by atoms with Gasteiger partial charge in [0.15, 0.2) is 0 Å². The van der Waals surface area contributed by atoms with E-state index in [0.29, 0.717) is 18.9 Å². The Balaban J connectivity index is 1.07. The first kappa shape index (κ1) is 38.8. The van der Waals surface area contributed by atoms with Crippen molar-refractivity contribution >= 4 is 36.2 Å². The van der Waals surface area contributed by atoms with Gasteiger partial charge in [-0.2, -0.15) is 0 Å². The van der Waals surface area contributed by atoms with Crippen molar-refractivity contribution in [3.63, 3.8) is 0 Å². The van der Waals surface area contributed by atoms with E-state index in [0.717, 1.165) is 65.1 Å². The number of carboxylic acid groups (broad SMARTS) is 1. The van der Waals surface area contributed by atoms with Crippen molar-refractivity contribution in [2.24, 2.45) is 11.8 Å². The molecule has 2 aromatic carbocycles. The lowest BCUT2D eigenvalue weighted by atomic mass is 10.0. The van der Waals surface area contributed by atoms with Gasteiger partial charge in [0.2, 0.25) is 11.8 Å². The fourth-order valence-corrected chi connectivity index (χ4v) is 7.38. The number of aromatic nitrogens is 4. The Bertz CT molecular complexity index is 2000. The summed E-state index contributed by atoms with van der Waals surface area (Å²) in [6, 6.07) is 14.3. The van der Waals surface area contributed by atoms with Crippen LogP contribution < -0.4 is 10.6 Å². The minimum atomic E-state index is -1.21. The van der Waals surface area contributed by atoms with Gasteiger partial charge in [0, 0.05) is 13.1 Å². The highest BCUT2D eigenvalue weighted by Gasteiger charge is 2.38. The number of benzene rings is 2. The topological polar surface area (TPSA) is 186 Å². The molecule has 0 bridgehead atoms. The Morgan fingerprint density at radius 3 is 1.53 bits per heavy atom. The highest BCUT2D eigenvalue weighted by molar-refractivity contribution is 5.87. The fraction of sp³-hybridized carbons (Fsp3) is 0.415. The summed E-state index contributed by atoms with van der Waals surface area (Å²) in [5.41, 5.74) is 5.70. The zero-order chi connectivity index (χ0) is 39.2. The lowest BCUT2D eigenvalue weighted by Crippen LogP contribution is -2.51. The van der Waals surface area contributed by atoms with E-state index in [4.69, 9.17) is 4.74 Å². The van der Waals surface area contributed by atoms with Gasteiger partial charge in [-0.05, 0) is 59.8 Å². The van der Waals surface area contributed by atoms with Gasteiger partial charge < -0.3 is 40.2 Å². The van der Waals surface area contributed by atoms with Crippen molar-refractivity contribution in [3.8, 4) is 22.5 Å². The van der Waals surface area contributed by atoms with Crippen LogP contribution in [0.25, 0.3) is 34.7 Å². The summed E-state index contributed by atoms with van der Waals surface area (Å²) >= 11 is 0. The Morgan fingerprint density at radius 2 is 1.15 bits per heavy atom. The van der Waals surface area contributed by atoms with E-state index in [9.17, 15) is 24.3 Å². The van der Waals surface area contributed by atoms with Crippen molar-refractivity contribution in [2.75, 3.05) is 20.2 Å². The average molecular weight is 751 g/mol. The molecule has 2 fully saturated rings. The van der Waals surface area contributed by atoms with Crippen molar-refractivity contribution in [1.29, 1.82) is 0 Å². The maximum absolute atomic E-state index is 13.5. The molecule has 4 aromatic rings. The number of carbonyl (C=O) groups is 4. The number of nitrogens with one attached hydrogen (secondary N) is 4. The Kier molecular flexibility index (Phi) is 12.0. The van der Waals surface area contributed by atoms with Gasteiger partial charge in [-0.1, -0.05) is 88.4 Å². The molecule has 5 N–H and O–H groups in total. The third-order valence-electron chi connectivity index (χ3n) is 10.4. The maximum Gasteiger partial charge on any atom is 0.407 e. The molecule has 0 radical (unpaired) electrons. The molecule has 2 aliphatic heterocycles. The number of hydrogen-bond acceptors (Lipinski definition) is 7. The lowest BCUT2D eigenvalue weighted by molar-refractivity contribution is -0.136. The van der Waals surface area contributed by atoms with Crippen LogP contribution in [-0.2, 0) is 14.3 Å². The van der Waals surface area contributed by atoms with E-state index < -0.39 is 24.3 Å². The van der Waals surface area contributed by atoms with Gasteiger partial charge in [0.25, 0.3) is 0 Å². The van der Waals surface area contributed by atoms with Crippen LogP contribution >= 0.6 is 0 Å². The van der Waals surface area contributed by atoms with E-state index >= 15 is 0 Å². The quantitative estimate of drug-likeness (QED) is 0.0998. The highest BCUT2D eigenvalue weighted by Crippen LogP contribution is 2.34. The van der Waals surface area contributed by atoms with Crippen molar-refractivity contribution in [2.45, 2.75) is 77.5 Å². The summed E-state index contributed by atoms with van der Waals surface area (Å²) in [6.07, 6.45) is 9.04. The molecule has 4 heterocycles. The largest absolute Gasteiger partial charge is 0.465 e. The second kappa shape index (κ2) is 17.0. The molecule has 2 saturated heterocycles. The number of alkyl carbamates (subject to hydrolysis) is 1. The van der Waals surface area contributed by atoms with Crippen molar-refractivity contribution < 1.29 is 29.0 Å². The van der Waals surface area contributed by atoms with Crippen LogP contribution in [0.2, 0.25) is 0 Å². The van der Waals surface area contributed by atoms with E-state index in [-0.39, 0.29) is 35.7 Å². The molecule has 4 amide bonds. The summed E-state index contributed by atoms with van der Waals surface area (Å²) in [5.74, 6) is 0.760. The van der Waals surface area contributed by atoms with Crippen LogP contribution in [0.4, 0.5) is 9.59 Å². The fourth-order valence-electron chi connectivity index (χ4n) is 7.38. The van der Waals surface area contributed by atoms with Gasteiger partial charge >= 0.3 is 12.2 Å². The number of carbonyl (C=O) groups excluding carboxylic acids is 3. The molecule has 55 heavy (non-hydrogen) atoms. The zero-order valence-corrected chi connectivity index (χ0v) is 31.9. The van der Waals surface area contributed by atoms with Crippen LogP contribution in [0.1, 0.15) is 88.2 Å². The number of likely N-dealkylation sites (tertiary alicyclic amines) is 2. The molecule has 14 heteroatoms. The molecule has 2 aromatic heterocycles. The second-order valence-corrected chi connectivity index (χ2v) is 14.8. The first-order valence-corrected chi connectivity index (χ1v) is 18.9. The normalized spacial score (nSPS) is 18.2. The lowest BCUT2D eigenvalue weighted by Gasteiger charge is -2.30. The summed E-state index contributed by atoms with van der Waals surface area (Å²) in [5, 5.41) is 14.3. The Hall–Kier alpha value is -5.92. The predicted molar refractivity (Wildman–Crippen MR) is 208 cm³/mol. The number of hydrogen-bond donors (Lipinski definition) is 5. The number of nitrogens with zero attached hydrogens (tertiary/aromatic N) is 4. The Labute approximate surface area is 320 Å². The van der Waals surface area contributed by atoms with Crippen LogP contribution in [-0.4, -0.2) is 91.1 Å². The van der Waals surface area contributed by atoms with E-state index in [2.05, 4.69) is 42.7 Å². The zero-order valence-electron chi connectivity index (χ0n) is 31.9. The number of ether oxygens (including phenoxy) is 1. The van der Waals surface area contributed by atoms with Gasteiger partial charge in [-0.15, -0.1) is 0 Å². The summed E-state index contributed by atoms with van der Waals surface area (Å²) in [4.78, 5) is 69.7. The first-order valence-electron chi connectivity index (χ1n) is 18.9. The summed E-state index contributed by atoms with van der Waals surface area (Å²) in [7, 11) is 1.29. The standard InChI is InChI=1S/C41H50N8O6/c1-24(2)34(46-40(52)53)38(50)48-20-6-8-32(48)36-42-22-30(44-36)28-16-12-26(13-17-28)10-11-27-14-18-29(19-15-27)31-23-43-37(45-31)33-9-7-21-49(33)39(51)35(25(3)4)47-41(54)55-5/h10-19,22-25,32-35,46H,6-9,20-21H2,1-5H3,(H,42,44)(H,43,45)(H,47,54)(H,52,53). The summed E-state index contributed by atoms with van der Waals surface area (Å²) in [6.45, 7) is 8.61. The van der Waals surface area contributed by atoms with Crippen LogP contribution in [0.5, 0.6) is 0 Å². The SMILES string of the molecule is COC(=O)NC(C(=O)N1CCCC1c1ncc(-c2ccc(C=Cc3ccc(-c4cnc(C5CCCN5C(=O)C(NC(=O)O)C(C)C)[nH]4)cc3)cc2)[nH]1)C(C)C. The molecule has 4 atom stereocenters. The molecular formula is C41H50N8O6. The molecule has 4 unspecified atom stereocenters. The number of methoxy groups -OCH3 is 1. The van der Waals surface area contributed by atoms with Crippen LogP contribution in [0.3, 0.4) is 0 Å². The molecular weight excluding hydrogens is 701 g/mol. The second-order valence-electron chi connectivity index (χ2n) is 14.8. The van der Waals surface area contributed by atoms with Gasteiger partial charge in [-0.3, -0.25) is 9.59 Å². The van der Waals surface area contributed by atoms with Gasteiger partial charge in [-0.25, -0.2) is 19.6 Å². The Morgan fingerprint density at radius 1 is 0.727 bits per heavy atom.